The molecule has 1 amide bonds. The third-order valence-corrected chi connectivity index (χ3v) is 4.50. The summed E-state index contributed by atoms with van der Waals surface area (Å²) >= 11 is 5.92. The van der Waals surface area contributed by atoms with E-state index in [1.54, 1.807) is 18.2 Å². The molecule has 0 radical (unpaired) electrons. The summed E-state index contributed by atoms with van der Waals surface area (Å²) in [4.78, 5) is 14.5. The fourth-order valence-corrected chi connectivity index (χ4v) is 3.17. The number of carbonyl (C=O) groups is 1. The Kier molecular flexibility index (Phi) is 5.48. The van der Waals surface area contributed by atoms with E-state index in [-0.39, 0.29) is 5.91 Å². The Bertz CT molecular complexity index is 496. The summed E-state index contributed by atoms with van der Waals surface area (Å²) in [6, 6.07) is 6.20. The molecule has 1 fully saturated rings. The summed E-state index contributed by atoms with van der Waals surface area (Å²) in [5.41, 5.74) is 6.96. The average Bonchev–Trinajstić information content (AvgIpc) is 2.42. The largest absolute Gasteiger partial charge is 0.397 e. The zero-order valence-corrected chi connectivity index (χ0v) is 13.5. The van der Waals surface area contributed by atoms with Crippen molar-refractivity contribution in [3.8, 4) is 0 Å². The van der Waals surface area contributed by atoms with Crippen LogP contribution in [0.2, 0.25) is 5.02 Å². The van der Waals surface area contributed by atoms with Gasteiger partial charge in [0.1, 0.15) is 0 Å². The molecule has 1 aliphatic rings. The number of likely N-dealkylation sites (tertiary alicyclic amines) is 1. The second kappa shape index (κ2) is 7.14. The van der Waals surface area contributed by atoms with Crippen LogP contribution in [0, 0.1) is 0 Å². The number of carbonyl (C=O) groups excluding carboxylic acids is 1. The molecule has 1 aromatic rings. The first-order chi connectivity index (χ1) is 9.97. The van der Waals surface area contributed by atoms with Crippen molar-refractivity contribution in [1.82, 2.24) is 4.90 Å². The lowest BCUT2D eigenvalue weighted by molar-refractivity contribution is -0.116. The van der Waals surface area contributed by atoms with Gasteiger partial charge in [0.2, 0.25) is 5.91 Å². The number of nitrogen functional groups attached to an aromatic ring is 1. The lowest BCUT2D eigenvalue weighted by Gasteiger charge is -2.38. The first kappa shape index (κ1) is 16.1. The molecular formula is C16H24ClN3O. The topological polar surface area (TPSA) is 58.4 Å². The van der Waals surface area contributed by atoms with Gasteiger partial charge in [0.15, 0.2) is 0 Å². The standard InChI is InChI=1S/C16H24ClN3O/c1-11-4-3-5-12(2)20(11)9-8-16(21)19-15-10-13(17)6-7-14(15)18/h6-7,10-12H,3-5,8-9,18H2,1-2H3,(H,19,21)/t11-,12+. The Balaban J connectivity index is 1.88. The van der Waals surface area contributed by atoms with Crippen LogP contribution in [0.4, 0.5) is 11.4 Å². The fraction of sp³-hybridized carbons (Fsp3) is 0.562. The molecule has 4 nitrogen and oxygen atoms in total. The summed E-state index contributed by atoms with van der Waals surface area (Å²) in [6.45, 7) is 5.26. The van der Waals surface area contributed by atoms with E-state index in [1.165, 1.54) is 19.3 Å². The van der Waals surface area contributed by atoms with E-state index in [0.29, 0.717) is 34.9 Å². The Hall–Kier alpha value is -1.26. The second-order valence-electron chi connectivity index (χ2n) is 5.90. The molecule has 2 rings (SSSR count). The first-order valence-corrected chi connectivity index (χ1v) is 7.96. The van der Waals surface area contributed by atoms with Gasteiger partial charge in [-0.05, 0) is 44.9 Å². The SMILES string of the molecule is C[C@@H]1CCC[C@H](C)N1CCC(=O)Nc1cc(Cl)ccc1N. The molecule has 0 saturated carbocycles. The summed E-state index contributed by atoms with van der Waals surface area (Å²) in [5.74, 6) is -0.0195. The van der Waals surface area contributed by atoms with Crippen LogP contribution in [-0.4, -0.2) is 29.4 Å². The zero-order valence-electron chi connectivity index (χ0n) is 12.7. The van der Waals surface area contributed by atoms with E-state index >= 15 is 0 Å². The van der Waals surface area contributed by atoms with Crippen LogP contribution in [0.1, 0.15) is 39.5 Å². The molecule has 1 aromatic carbocycles. The lowest BCUT2D eigenvalue weighted by Crippen LogP contribution is -2.44. The third-order valence-electron chi connectivity index (χ3n) is 4.26. The van der Waals surface area contributed by atoms with Gasteiger partial charge in [-0.3, -0.25) is 9.69 Å². The highest BCUT2D eigenvalue weighted by Gasteiger charge is 2.24. The molecule has 0 aromatic heterocycles. The molecule has 5 heteroatoms. The Morgan fingerprint density at radius 3 is 2.71 bits per heavy atom. The van der Waals surface area contributed by atoms with Crippen LogP contribution in [0.25, 0.3) is 0 Å². The number of piperidine rings is 1. The van der Waals surface area contributed by atoms with Gasteiger partial charge < -0.3 is 11.1 Å². The molecule has 21 heavy (non-hydrogen) atoms. The van der Waals surface area contributed by atoms with Crippen molar-refractivity contribution < 1.29 is 4.79 Å². The Morgan fingerprint density at radius 2 is 2.05 bits per heavy atom. The van der Waals surface area contributed by atoms with E-state index in [2.05, 4.69) is 24.1 Å². The van der Waals surface area contributed by atoms with Crippen LogP contribution >= 0.6 is 11.6 Å². The Labute approximate surface area is 131 Å². The van der Waals surface area contributed by atoms with Crippen molar-refractivity contribution in [2.24, 2.45) is 0 Å². The van der Waals surface area contributed by atoms with Crippen LogP contribution in [0.3, 0.4) is 0 Å². The molecule has 1 aliphatic heterocycles. The minimum Gasteiger partial charge on any atom is -0.397 e. The minimum atomic E-state index is -0.0195. The maximum absolute atomic E-state index is 12.1. The zero-order chi connectivity index (χ0) is 15.4. The maximum Gasteiger partial charge on any atom is 0.225 e. The molecule has 0 spiro atoms. The van der Waals surface area contributed by atoms with Gasteiger partial charge in [-0.15, -0.1) is 0 Å². The smallest absolute Gasteiger partial charge is 0.225 e. The number of nitrogens with zero attached hydrogens (tertiary/aromatic N) is 1. The summed E-state index contributed by atoms with van der Waals surface area (Å²) in [7, 11) is 0. The highest BCUT2D eigenvalue weighted by Crippen LogP contribution is 2.24. The quantitative estimate of drug-likeness (QED) is 0.837. The highest BCUT2D eigenvalue weighted by molar-refractivity contribution is 6.31. The molecule has 116 valence electrons. The van der Waals surface area contributed by atoms with E-state index in [0.717, 1.165) is 6.54 Å². The van der Waals surface area contributed by atoms with Crippen molar-refractivity contribution in [2.75, 3.05) is 17.6 Å². The summed E-state index contributed by atoms with van der Waals surface area (Å²) < 4.78 is 0. The molecule has 0 aliphatic carbocycles. The summed E-state index contributed by atoms with van der Waals surface area (Å²) in [5, 5.41) is 3.41. The number of halogens is 1. The van der Waals surface area contributed by atoms with Gasteiger partial charge in [-0.25, -0.2) is 0 Å². The number of hydrogen-bond donors (Lipinski definition) is 2. The van der Waals surface area contributed by atoms with Crippen LogP contribution < -0.4 is 11.1 Å². The van der Waals surface area contributed by atoms with Crippen LogP contribution in [0.5, 0.6) is 0 Å². The second-order valence-corrected chi connectivity index (χ2v) is 6.33. The Morgan fingerprint density at radius 1 is 1.38 bits per heavy atom. The highest BCUT2D eigenvalue weighted by atomic mass is 35.5. The van der Waals surface area contributed by atoms with E-state index < -0.39 is 0 Å². The summed E-state index contributed by atoms with van der Waals surface area (Å²) in [6.07, 6.45) is 4.19. The first-order valence-electron chi connectivity index (χ1n) is 7.58. The van der Waals surface area contributed by atoms with Gasteiger partial charge in [0.25, 0.3) is 0 Å². The number of rotatable bonds is 4. The van der Waals surface area contributed by atoms with Crippen molar-refractivity contribution >= 4 is 28.9 Å². The average molecular weight is 310 g/mol. The number of nitrogens with two attached hydrogens (primary N) is 1. The molecule has 3 N–H and O–H groups in total. The molecule has 1 saturated heterocycles. The normalized spacial score (nSPS) is 23.0. The third kappa shape index (κ3) is 4.35. The van der Waals surface area contributed by atoms with Crippen LogP contribution in [-0.2, 0) is 4.79 Å². The molecule has 1 heterocycles. The molecule has 2 atom stereocenters. The van der Waals surface area contributed by atoms with Crippen LogP contribution in [0.15, 0.2) is 18.2 Å². The van der Waals surface area contributed by atoms with Crippen molar-refractivity contribution in [3.63, 3.8) is 0 Å². The van der Waals surface area contributed by atoms with E-state index in [9.17, 15) is 4.79 Å². The van der Waals surface area contributed by atoms with Gasteiger partial charge in [-0.2, -0.15) is 0 Å². The molecule has 0 bridgehead atoms. The van der Waals surface area contributed by atoms with Crippen molar-refractivity contribution in [3.05, 3.63) is 23.2 Å². The predicted octanol–water partition coefficient (Wildman–Crippen LogP) is 3.51. The van der Waals surface area contributed by atoms with E-state index in [4.69, 9.17) is 17.3 Å². The van der Waals surface area contributed by atoms with Gasteiger partial charge >= 0.3 is 0 Å². The lowest BCUT2D eigenvalue weighted by atomic mass is 9.97. The number of hydrogen-bond acceptors (Lipinski definition) is 3. The number of nitrogens with one attached hydrogen (secondary N) is 1. The predicted molar refractivity (Wildman–Crippen MR) is 88.6 cm³/mol. The monoisotopic (exact) mass is 309 g/mol. The van der Waals surface area contributed by atoms with Crippen molar-refractivity contribution in [1.29, 1.82) is 0 Å². The molecular weight excluding hydrogens is 286 g/mol. The number of benzene rings is 1. The van der Waals surface area contributed by atoms with Crippen molar-refractivity contribution in [2.45, 2.75) is 51.6 Å². The van der Waals surface area contributed by atoms with E-state index in [1.807, 2.05) is 0 Å². The van der Waals surface area contributed by atoms with Gasteiger partial charge in [0, 0.05) is 30.1 Å². The molecule has 0 unspecified atom stereocenters. The fourth-order valence-electron chi connectivity index (χ4n) is 3.00. The van der Waals surface area contributed by atoms with Gasteiger partial charge in [0.05, 0.1) is 11.4 Å². The number of anilines is 2. The van der Waals surface area contributed by atoms with Gasteiger partial charge in [-0.1, -0.05) is 18.0 Å². The maximum atomic E-state index is 12.1. The minimum absolute atomic E-state index is 0.0195. The number of amides is 1.